The number of alkyl halides is 3. The van der Waals surface area contributed by atoms with E-state index in [1.165, 1.54) is 0 Å². The lowest BCUT2D eigenvalue weighted by molar-refractivity contribution is -0.187. The Labute approximate surface area is 66.0 Å². The summed E-state index contributed by atoms with van der Waals surface area (Å²) in [5.74, 6) is 0. The van der Waals surface area contributed by atoms with Gasteiger partial charge in [-0.15, -0.1) is 0 Å². The van der Waals surface area contributed by atoms with Crippen molar-refractivity contribution in [1.82, 2.24) is 0 Å². The van der Waals surface area contributed by atoms with Gasteiger partial charge in [-0.05, 0) is 0 Å². The zero-order valence-electron chi connectivity index (χ0n) is 5.54. The molecule has 0 saturated heterocycles. The van der Waals surface area contributed by atoms with Crippen LogP contribution in [0.5, 0.6) is 0 Å². The van der Waals surface area contributed by atoms with Crippen LogP contribution < -0.4 is 0 Å². The highest BCUT2D eigenvalue weighted by molar-refractivity contribution is 7.80. The molecule has 0 heterocycles. The summed E-state index contributed by atoms with van der Waals surface area (Å²) in [7, 11) is -4.73. The topological polar surface area (TPSA) is 72.8 Å². The molecule has 0 aromatic rings. The highest BCUT2D eigenvalue weighted by Crippen LogP contribution is 2.14. The monoisotopic (exact) mass is 210 g/mol. The van der Waals surface area contributed by atoms with Crippen molar-refractivity contribution in [1.29, 1.82) is 0 Å². The summed E-state index contributed by atoms with van der Waals surface area (Å²) in [5.41, 5.74) is 0. The molecule has 0 unspecified atom stereocenters. The molecule has 0 aromatic carbocycles. The van der Waals surface area contributed by atoms with Gasteiger partial charge in [0.2, 0.25) is 0 Å². The van der Waals surface area contributed by atoms with E-state index < -0.39 is 30.0 Å². The second kappa shape index (κ2) is 4.03. The van der Waals surface area contributed by atoms with Gasteiger partial charge < -0.3 is 4.74 Å². The minimum Gasteiger partial charge on any atom is -0.345 e. The zero-order chi connectivity index (χ0) is 9.83. The summed E-state index contributed by atoms with van der Waals surface area (Å²) in [6.07, 6.45) is -4.55. The number of hydrogen-bond donors (Lipinski definition) is 1. The van der Waals surface area contributed by atoms with E-state index in [2.05, 4.69) is 8.92 Å². The molecule has 0 bridgehead atoms. The van der Waals surface area contributed by atoms with Gasteiger partial charge in [-0.1, -0.05) is 0 Å². The SMILES string of the molecule is O=S(=O)(O)OCOCC(F)(F)F. The Balaban J connectivity index is 3.48. The Morgan fingerprint density at radius 1 is 1.33 bits per heavy atom. The quantitative estimate of drug-likeness (QED) is 0.411. The maximum atomic E-state index is 11.3. The van der Waals surface area contributed by atoms with E-state index in [9.17, 15) is 21.6 Å². The van der Waals surface area contributed by atoms with Gasteiger partial charge in [0.15, 0.2) is 6.79 Å². The molecule has 5 nitrogen and oxygen atoms in total. The summed E-state index contributed by atoms with van der Waals surface area (Å²) in [6.45, 7) is -2.80. The maximum absolute atomic E-state index is 11.3. The first-order valence-corrected chi connectivity index (χ1v) is 3.83. The summed E-state index contributed by atoms with van der Waals surface area (Å²) >= 11 is 0. The van der Waals surface area contributed by atoms with Crippen molar-refractivity contribution in [2.24, 2.45) is 0 Å². The third-order valence-electron chi connectivity index (χ3n) is 0.546. The lowest BCUT2D eigenvalue weighted by Crippen LogP contribution is -2.19. The molecule has 12 heavy (non-hydrogen) atoms. The van der Waals surface area contributed by atoms with Gasteiger partial charge in [0.25, 0.3) is 0 Å². The first-order chi connectivity index (χ1) is 5.21. The Kier molecular flexibility index (Phi) is 3.90. The van der Waals surface area contributed by atoms with E-state index in [1.54, 1.807) is 0 Å². The van der Waals surface area contributed by atoms with Crippen molar-refractivity contribution in [2.45, 2.75) is 6.18 Å². The van der Waals surface area contributed by atoms with Crippen molar-refractivity contribution in [3.63, 3.8) is 0 Å². The Morgan fingerprint density at radius 2 is 1.83 bits per heavy atom. The smallest absolute Gasteiger partial charge is 0.345 e. The van der Waals surface area contributed by atoms with Crippen LogP contribution in [0, 0.1) is 0 Å². The average Bonchev–Trinajstić information content (AvgIpc) is 1.76. The van der Waals surface area contributed by atoms with E-state index in [0.29, 0.717) is 0 Å². The van der Waals surface area contributed by atoms with Crippen molar-refractivity contribution < 1.29 is 35.1 Å². The van der Waals surface area contributed by atoms with Crippen LogP contribution in [-0.2, 0) is 19.3 Å². The van der Waals surface area contributed by atoms with Crippen molar-refractivity contribution >= 4 is 10.4 Å². The Hall–Kier alpha value is -0.380. The molecule has 0 aliphatic heterocycles. The van der Waals surface area contributed by atoms with Gasteiger partial charge in [0, 0.05) is 0 Å². The molecule has 0 radical (unpaired) electrons. The molecule has 0 saturated carbocycles. The van der Waals surface area contributed by atoms with Crippen LogP contribution >= 0.6 is 0 Å². The van der Waals surface area contributed by atoms with E-state index in [0.717, 1.165) is 0 Å². The molecule has 1 N–H and O–H groups in total. The highest BCUT2D eigenvalue weighted by Gasteiger charge is 2.27. The van der Waals surface area contributed by atoms with Crippen LogP contribution in [-0.4, -0.2) is 32.5 Å². The summed E-state index contributed by atoms with van der Waals surface area (Å²) < 4.78 is 68.3. The molecule has 0 amide bonds. The predicted octanol–water partition coefficient (Wildman–Crippen LogP) is 0.342. The van der Waals surface area contributed by atoms with Gasteiger partial charge in [-0.3, -0.25) is 4.55 Å². The Morgan fingerprint density at radius 3 is 2.17 bits per heavy atom. The van der Waals surface area contributed by atoms with E-state index >= 15 is 0 Å². The molecule has 0 rings (SSSR count). The van der Waals surface area contributed by atoms with Crippen molar-refractivity contribution in [2.75, 3.05) is 13.4 Å². The van der Waals surface area contributed by atoms with Crippen molar-refractivity contribution in [3.8, 4) is 0 Å². The largest absolute Gasteiger partial charge is 0.411 e. The summed E-state index contributed by atoms with van der Waals surface area (Å²) in [4.78, 5) is 0. The molecule has 0 spiro atoms. The molecule has 74 valence electrons. The van der Waals surface area contributed by atoms with E-state index in [4.69, 9.17) is 4.55 Å². The van der Waals surface area contributed by atoms with Crippen LogP contribution in [0.4, 0.5) is 13.2 Å². The normalized spacial score (nSPS) is 13.3. The first-order valence-electron chi connectivity index (χ1n) is 2.47. The van der Waals surface area contributed by atoms with Gasteiger partial charge in [0.1, 0.15) is 6.61 Å². The van der Waals surface area contributed by atoms with Crippen LogP contribution in [0.2, 0.25) is 0 Å². The number of rotatable bonds is 4. The van der Waals surface area contributed by atoms with Crippen LogP contribution in [0.3, 0.4) is 0 Å². The van der Waals surface area contributed by atoms with Crippen LogP contribution in [0.25, 0.3) is 0 Å². The number of hydrogen-bond acceptors (Lipinski definition) is 4. The molecular weight excluding hydrogens is 205 g/mol. The van der Waals surface area contributed by atoms with Crippen LogP contribution in [0.15, 0.2) is 0 Å². The minimum absolute atomic E-state index is 1.17. The maximum Gasteiger partial charge on any atom is 0.411 e. The minimum atomic E-state index is -4.73. The van der Waals surface area contributed by atoms with Gasteiger partial charge in [0.05, 0.1) is 0 Å². The lowest BCUT2D eigenvalue weighted by Gasteiger charge is -2.05. The third-order valence-corrected chi connectivity index (χ3v) is 0.940. The molecule has 0 aliphatic carbocycles. The van der Waals surface area contributed by atoms with Crippen molar-refractivity contribution in [3.05, 3.63) is 0 Å². The van der Waals surface area contributed by atoms with E-state index in [-0.39, 0.29) is 0 Å². The fourth-order valence-corrected chi connectivity index (χ4v) is 0.442. The van der Waals surface area contributed by atoms with Gasteiger partial charge in [-0.2, -0.15) is 21.6 Å². The standard InChI is InChI=1S/C3H5F3O5S/c4-3(5,6)1-10-2-11-12(7,8)9/h1-2H2,(H,7,8,9). The molecule has 9 heteroatoms. The highest BCUT2D eigenvalue weighted by atomic mass is 32.3. The molecule has 0 aromatic heterocycles. The van der Waals surface area contributed by atoms with E-state index in [1.807, 2.05) is 0 Å². The molecule has 0 atom stereocenters. The molecular formula is C3H5F3O5S. The Bertz CT molecular complexity index is 219. The second-order valence-electron chi connectivity index (χ2n) is 1.63. The zero-order valence-corrected chi connectivity index (χ0v) is 6.35. The number of ether oxygens (including phenoxy) is 1. The van der Waals surface area contributed by atoms with Crippen LogP contribution in [0.1, 0.15) is 0 Å². The first kappa shape index (κ1) is 11.6. The van der Waals surface area contributed by atoms with Gasteiger partial charge in [-0.25, -0.2) is 4.18 Å². The molecule has 0 aliphatic rings. The predicted molar refractivity (Wildman–Crippen MR) is 29.5 cm³/mol. The summed E-state index contributed by atoms with van der Waals surface area (Å²) in [5, 5.41) is 0. The summed E-state index contributed by atoms with van der Waals surface area (Å²) in [6, 6.07) is 0. The average molecular weight is 210 g/mol. The van der Waals surface area contributed by atoms with Gasteiger partial charge >= 0.3 is 16.6 Å². The lowest BCUT2D eigenvalue weighted by atomic mass is 10.7. The fourth-order valence-electron chi connectivity index (χ4n) is 0.252. The third kappa shape index (κ3) is 9.62. The fraction of sp³-hybridized carbons (Fsp3) is 1.00. The molecule has 0 fully saturated rings. The second-order valence-corrected chi connectivity index (χ2v) is 2.72. The number of halogens is 3.